The Morgan fingerprint density at radius 1 is 1.12 bits per heavy atom. The van der Waals surface area contributed by atoms with Crippen LogP contribution in [0.3, 0.4) is 0 Å². The Balaban J connectivity index is 2.49. The van der Waals surface area contributed by atoms with Crippen molar-refractivity contribution < 1.29 is 33.4 Å². The van der Waals surface area contributed by atoms with E-state index in [2.05, 4.69) is 10.1 Å². The average Bonchev–Trinajstić information content (AvgIpc) is 2.59. The third kappa shape index (κ3) is 5.59. The van der Waals surface area contributed by atoms with E-state index in [9.17, 15) is 19.2 Å². The van der Waals surface area contributed by atoms with Crippen molar-refractivity contribution in [2.45, 2.75) is 13.0 Å². The van der Waals surface area contributed by atoms with Gasteiger partial charge in [-0.15, -0.1) is 0 Å². The first-order chi connectivity index (χ1) is 11.4. The lowest BCUT2D eigenvalue weighted by Crippen LogP contribution is -2.41. The molecular weight excluding hydrogens is 320 g/mol. The summed E-state index contributed by atoms with van der Waals surface area (Å²) in [6.45, 7) is 0.824. The number of hydrogen-bond acceptors (Lipinski definition) is 7. The van der Waals surface area contributed by atoms with Gasteiger partial charge in [0.25, 0.3) is 11.8 Å². The molecule has 0 fully saturated rings. The van der Waals surface area contributed by atoms with Gasteiger partial charge in [-0.3, -0.25) is 19.7 Å². The minimum absolute atomic E-state index is 0.254. The van der Waals surface area contributed by atoms with Crippen molar-refractivity contribution in [1.29, 1.82) is 0 Å². The number of ether oxygens (including phenoxy) is 3. The first-order valence-corrected chi connectivity index (χ1v) is 6.88. The monoisotopic (exact) mass is 338 g/mol. The van der Waals surface area contributed by atoms with E-state index in [4.69, 9.17) is 9.47 Å². The highest BCUT2D eigenvalue weighted by atomic mass is 16.6. The van der Waals surface area contributed by atoms with Crippen LogP contribution in [0.2, 0.25) is 0 Å². The van der Waals surface area contributed by atoms with Crippen LogP contribution in [0.4, 0.5) is 4.79 Å². The van der Waals surface area contributed by atoms with Crippen LogP contribution in [0.15, 0.2) is 24.3 Å². The Morgan fingerprint density at radius 2 is 1.79 bits per heavy atom. The molecule has 0 bridgehead atoms. The van der Waals surface area contributed by atoms with Crippen LogP contribution < -0.4 is 15.4 Å². The minimum Gasteiger partial charge on any atom is -0.496 e. The Morgan fingerprint density at radius 3 is 2.42 bits per heavy atom. The molecule has 130 valence electrons. The summed E-state index contributed by atoms with van der Waals surface area (Å²) in [5.41, 5.74) is 0.254. The second-order valence-electron chi connectivity index (χ2n) is 4.50. The number of rotatable bonds is 6. The molecule has 1 aromatic rings. The zero-order valence-corrected chi connectivity index (χ0v) is 13.5. The third-order valence-corrected chi connectivity index (χ3v) is 2.83. The standard InChI is InChI=1S/C15H18N2O7/c1-9(13(19)17-15(21)23-3)24-12(18)8-16-14(20)10-6-4-5-7-11(10)22-2/h4-7,9H,8H2,1-3H3,(H,16,20)(H,17,19,21)/t9-/m0/s1. The van der Waals surface area contributed by atoms with Crippen molar-refractivity contribution >= 4 is 23.9 Å². The fourth-order valence-electron chi connectivity index (χ4n) is 1.63. The van der Waals surface area contributed by atoms with Gasteiger partial charge in [-0.25, -0.2) is 4.79 Å². The maximum absolute atomic E-state index is 12.0. The predicted molar refractivity (Wildman–Crippen MR) is 81.4 cm³/mol. The van der Waals surface area contributed by atoms with E-state index < -0.39 is 36.5 Å². The molecule has 9 heteroatoms. The van der Waals surface area contributed by atoms with E-state index in [1.165, 1.54) is 20.1 Å². The number of nitrogens with one attached hydrogen (secondary N) is 2. The van der Waals surface area contributed by atoms with E-state index in [1.54, 1.807) is 18.2 Å². The maximum atomic E-state index is 12.0. The molecule has 0 aromatic heterocycles. The third-order valence-electron chi connectivity index (χ3n) is 2.83. The summed E-state index contributed by atoms with van der Waals surface area (Å²) in [5, 5.41) is 4.21. The van der Waals surface area contributed by atoms with Gasteiger partial charge in [0.05, 0.1) is 19.8 Å². The van der Waals surface area contributed by atoms with Crippen molar-refractivity contribution in [3.8, 4) is 5.75 Å². The van der Waals surface area contributed by atoms with Crippen LogP contribution in [0.25, 0.3) is 0 Å². The first kappa shape index (κ1) is 18.9. The van der Waals surface area contributed by atoms with E-state index in [0.717, 1.165) is 7.11 Å². The Bertz CT molecular complexity index is 630. The second kappa shape index (κ2) is 9.13. The molecular formula is C15H18N2O7. The lowest BCUT2D eigenvalue weighted by atomic mass is 10.2. The fourth-order valence-corrected chi connectivity index (χ4v) is 1.63. The molecule has 1 atom stereocenters. The maximum Gasteiger partial charge on any atom is 0.413 e. The lowest BCUT2D eigenvalue weighted by Gasteiger charge is -2.13. The molecule has 9 nitrogen and oxygen atoms in total. The topological polar surface area (TPSA) is 120 Å². The first-order valence-electron chi connectivity index (χ1n) is 6.88. The summed E-state index contributed by atoms with van der Waals surface area (Å²) >= 11 is 0. The van der Waals surface area contributed by atoms with Gasteiger partial charge in [-0.1, -0.05) is 12.1 Å². The zero-order valence-electron chi connectivity index (χ0n) is 13.5. The fraction of sp³-hybridized carbons (Fsp3) is 0.333. The number of amides is 3. The smallest absolute Gasteiger partial charge is 0.413 e. The van der Waals surface area contributed by atoms with Crippen LogP contribution in [-0.4, -0.2) is 50.7 Å². The van der Waals surface area contributed by atoms with E-state index in [1.807, 2.05) is 5.32 Å². The molecule has 24 heavy (non-hydrogen) atoms. The highest BCUT2D eigenvalue weighted by Crippen LogP contribution is 2.16. The van der Waals surface area contributed by atoms with Crippen molar-refractivity contribution in [2.75, 3.05) is 20.8 Å². The number of para-hydroxylation sites is 1. The highest BCUT2D eigenvalue weighted by Gasteiger charge is 2.21. The van der Waals surface area contributed by atoms with Gasteiger partial charge in [-0.2, -0.15) is 0 Å². The number of benzene rings is 1. The summed E-state index contributed by atoms with van der Waals surface area (Å²) in [4.78, 5) is 46.0. The molecule has 0 saturated carbocycles. The summed E-state index contributed by atoms with van der Waals surface area (Å²) in [6.07, 6.45) is -2.19. The van der Waals surface area contributed by atoms with Gasteiger partial charge in [0.2, 0.25) is 0 Å². The summed E-state index contributed by atoms with van der Waals surface area (Å²) in [5.74, 6) is -1.86. The molecule has 0 radical (unpaired) electrons. The molecule has 0 aliphatic rings. The number of alkyl carbamates (subject to hydrolysis) is 1. The number of imide groups is 1. The van der Waals surface area contributed by atoms with Crippen molar-refractivity contribution in [3.63, 3.8) is 0 Å². The van der Waals surface area contributed by atoms with E-state index in [-0.39, 0.29) is 5.56 Å². The number of esters is 1. The molecule has 0 saturated heterocycles. The number of hydrogen-bond donors (Lipinski definition) is 2. The van der Waals surface area contributed by atoms with Gasteiger partial charge in [0, 0.05) is 0 Å². The Hall–Kier alpha value is -3.10. The molecule has 0 aliphatic heterocycles. The molecule has 0 aliphatic carbocycles. The Kier molecular flexibility index (Phi) is 7.21. The summed E-state index contributed by atoms with van der Waals surface area (Å²) < 4.78 is 14.1. The quantitative estimate of drug-likeness (QED) is 0.713. The molecule has 2 N–H and O–H groups in total. The molecule has 1 aromatic carbocycles. The SMILES string of the molecule is COC(=O)NC(=O)[C@H](C)OC(=O)CNC(=O)c1ccccc1OC. The zero-order chi connectivity index (χ0) is 18.1. The minimum atomic E-state index is -1.22. The number of methoxy groups -OCH3 is 2. The normalized spacial score (nSPS) is 11.0. The summed E-state index contributed by atoms with van der Waals surface area (Å²) in [6, 6.07) is 6.48. The van der Waals surface area contributed by atoms with Gasteiger partial charge in [0.1, 0.15) is 12.3 Å². The van der Waals surface area contributed by atoms with Gasteiger partial charge >= 0.3 is 12.1 Å². The number of carbonyl (C=O) groups is 4. The predicted octanol–water partition coefficient (Wildman–Crippen LogP) is 0.239. The molecule has 0 spiro atoms. The highest BCUT2D eigenvalue weighted by molar-refractivity contribution is 5.99. The molecule has 0 heterocycles. The van der Waals surface area contributed by atoms with E-state index in [0.29, 0.717) is 5.75 Å². The number of carbonyl (C=O) groups excluding carboxylic acids is 4. The Labute approximate surface area is 138 Å². The second-order valence-corrected chi connectivity index (χ2v) is 4.50. The van der Waals surface area contributed by atoms with Gasteiger partial charge in [-0.05, 0) is 19.1 Å². The van der Waals surface area contributed by atoms with Crippen LogP contribution in [0.5, 0.6) is 5.75 Å². The molecule has 1 rings (SSSR count). The van der Waals surface area contributed by atoms with Crippen molar-refractivity contribution in [3.05, 3.63) is 29.8 Å². The van der Waals surface area contributed by atoms with Crippen LogP contribution in [0, 0.1) is 0 Å². The van der Waals surface area contributed by atoms with Crippen LogP contribution >= 0.6 is 0 Å². The van der Waals surface area contributed by atoms with Crippen LogP contribution in [0.1, 0.15) is 17.3 Å². The molecule has 3 amide bonds. The van der Waals surface area contributed by atoms with Gasteiger partial charge in [0.15, 0.2) is 6.10 Å². The average molecular weight is 338 g/mol. The van der Waals surface area contributed by atoms with Crippen LogP contribution in [-0.2, 0) is 19.1 Å². The largest absolute Gasteiger partial charge is 0.496 e. The molecule has 0 unspecified atom stereocenters. The lowest BCUT2D eigenvalue weighted by molar-refractivity contribution is -0.153. The summed E-state index contributed by atoms with van der Waals surface area (Å²) in [7, 11) is 2.51. The van der Waals surface area contributed by atoms with Crippen molar-refractivity contribution in [2.24, 2.45) is 0 Å². The van der Waals surface area contributed by atoms with E-state index >= 15 is 0 Å². The van der Waals surface area contributed by atoms with Gasteiger partial charge < -0.3 is 19.5 Å². The van der Waals surface area contributed by atoms with Crippen molar-refractivity contribution in [1.82, 2.24) is 10.6 Å².